The number of aryl methyl sites for hydroxylation is 1. The number of rotatable bonds is 6. The van der Waals surface area contributed by atoms with E-state index in [-0.39, 0.29) is 11.5 Å². The van der Waals surface area contributed by atoms with Crippen molar-refractivity contribution in [2.45, 2.75) is 20.0 Å². The lowest BCUT2D eigenvalue weighted by atomic mass is 10.0. The van der Waals surface area contributed by atoms with Crippen LogP contribution in [0.2, 0.25) is 0 Å². The molecule has 2 heterocycles. The number of ether oxygens (including phenoxy) is 2. The van der Waals surface area contributed by atoms with Crippen LogP contribution < -0.4 is 15.7 Å². The molecule has 1 fully saturated rings. The van der Waals surface area contributed by atoms with Crippen molar-refractivity contribution in [3.8, 4) is 5.75 Å². The van der Waals surface area contributed by atoms with Gasteiger partial charge in [-0.1, -0.05) is 18.2 Å². The van der Waals surface area contributed by atoms with Crippen molar-refractivity contribution >= 4 is 27.6 Å². The zero-order chi connectivity index (χ0) is 21.1. The molecule has 1 amide bonds. The lowest BCUT2D eigenvalue weighted by Gasteiger charge is -2.26. The molecule has 1 saturated heterocycles. The van der Waals surface area contributed by atoms with Crippen molar-refractivity contribution < 1.29 is 18.7 Å². The standard InChI is InChI=1S/C23H26N2O5/c1-15-20(29-16(2)22(26)24-9-10-25-11-13-28-14-12-25)8-7-18-17-5-3-4-6-19(17)23(27)30-21(15)18/h3-8,16H,9-14H2,1-2H3,(H,24,26)/t16-/m1/s1. The monoisotopic (exact) mass is 410 g/mol. The van der Waals surface area contributed by atoms with Gasteiger partial charge in [-0.3, -0.25) is 9.69 Å². The molecule has 7 nitrogen and oxygen atoms in total. The van der Waals surface area contributed by atoms with Crippen LogP contribution >= 0.6 is 0 Å². The number of hydrogen-bond acceptors (Lipinski definition) is 6. The summed E-state index contributed by atoms with van der Waals surface area (Å²) < 4.78 is 16.8. The maximum Gasteiger partial charge on any atom is 0.344 e. The highest BCUT2D eigenvalue weighted by molar-refractivity contribution is 6.05. The molecule has 0 spiro atoms. The number of amides is 1. The summed E-state index contributed by atoms with van der Waals surface area (Å²) in [7, 11) is 0. The number of fused-ring (bicyclic) bond motifs is 3. The molecule has 1 atom stereocenters. The van der Waals surface area contributed by atoms with Gasteiger partial charge in [0, 0.05) is 37.1 Å². The van der Waals surface area contributed by atoms with Crippen LogP contribution in [0.3, 0.4) is 0 Å². The molecule has 1 aliphatic rings. The number of nitrogens with one attached hydrogen (secondary N) is 1. The molecule has 7 heteroatoms. The van der Waals surface area contributed by atoms with E-state index in [9.17, 15) is 9.59 Å². The first-order valence-corrected chi connectivity index (χ1v) is 10.2. The highest BCUT2D eigenvalue weighted by Crippen LogP contribution is 2.31. The Kier molecular flexibility index (Phi) is 6.01. The molecular weight excluding hydrogens is 384 g/mol. The second-order valence-electron chi connectivity index (χ2n) is 7.51. The minimum atomic E-state index is -0.669. The predicted octanol–water partition coefficient (Wildman–Crippen LogP) is 2.47. The van der Waals surface area contributed by atoms with Crippen LogP contribution in [0.5, 0.6) is 5.75 Å². The summed E-state index contributed by atoms with van der Waals surface area (Å²) in [5.41, 5.74) is 0.798. The van der Waals surface area contributed by atoms with Gasteiger partial charge in [-0.25, -0.2) is 4.79 Å². The van der Waals surface area contributed by atoms with E-state index in [1.54, 1.807) is 13.0 Å². The molecule has 1 aliphatic heterocycles. The highest BCUT2D eigenvalue weighted by Gasteiger charge is 2.18. The molecule has 0 bridgehead atoms. The van der Waals surface area contributed by atoms with Gasteiger partial charge in [0.05, 0.1) is 18.6 Å². The van der Waals surface area contributed by atoms with Gasteiger partial charge in [0.15, 0.2) is 6.10 Å². The van der Waals surface area contributed by atoms with E-state index in [4.69, 9.17) is 13.9 Å². The summed E-state index contributed by atoms with van der Waals surface area (Å²) in [5, 5.41) is 5.15. The van der Waals surface area contributed by atoms with Gasteiger partial charge in [-0.15, -0.1) is 0 Å². The Balaban J connectivity index is 1.46. The first-order chi connectivity index (χ1) is 14.5. The van der Waals surface area contributed by atoms with E-state index in [1.165, 1.54) is 0 Å². The summed E-state index contributed by atoms with van der Waals surface area (Å²) >= 11 is 0. The number of benzene rings is 2. The summed E-state index contributed by atoms with van der Waals surface area (Å²) in [5.74, 6) is 0.347. The van der Waals surface area contributed by atoms with Gasteiger partial charge in [-0.05, 0) is 37.4 Å². The summed E-state index contributed by atoms with van der Waals surface area (Å²) in [4.78, 5) is 27.1. The van der Waals surface area contributed by atoms with E-state index in [1.807, 2.05) is 37.3 Å². The topological polar surface area (TPSA) is 81.0 Å². The molecule has 0 unspecified atom stereocenters. The predicted molar refractivity (Wildman–Crippen MR) is 115 cm³/mol. The van der Waals surface area contributed by atoms with Crippen LogP contribution in [0.15, 0.2) is 45.6 Å². The van der Waals surface area contributed by atoms with Gasteiger partial charge >= 0.3 is 5.63 Å². The molecule has 4 rings (SSSR count). The Morgan fingerprint density at radius 3 is 2.63 bits per heavy atom. The van der Waals surface area contributed by atoms with Gasteiger partial charge in [0.25, 0.3) is 5.91 Å². The van der Waals surface area contributed by atoms with Crippen molar-refractivity contribution in [3.63, 3.8) is 0 Å². The molecule has 1 N–H and O–H groups in total. The fraction of sp³-hybridized carbons (Fsp3) is 0.391. The fourth-order valence-corrected chi connectivity index (χ4v) is 3.74. The first-order valence-electron chi connectivity index (χ1n) is 10.2. The quantitative estimate of drug-likeness (QED) is 0.497. The molecule has 3 aromatic rings. The third kappa shape index (κ3) is 4.17. The second kappa shape index (κ2) is 8.85. The Morgan fingerprint density at radius 2 is 1.87 bits per heavy atom. The van der Waals surface area contributed by atoms with Crippen molar-refractivity contribution in [1.29, 1.82) is 0 Å². The third-order valence-electron chi connectivity index (χ3n) is 5.49. The zero-order valence-electron chi connectivity index (χ0n) is 17.3. The van der Waals surface area contributed by atoms with E-state index in [0.717, 1.165) is 43.6 Å². The van der Waals surface area contributed by atoms with Crippen LogP contribution in [0.25, 0.3) is 21.7 Å². The van der Waals surface area contributed by atoms with Crippen LogP contribution in [0.4, 0.5) is 0 Å². The number of hydrogen-bond donors (Lipinski definition) is 1. The van der Waals surface area contributed by atoms with Crippen LogP contribution in [-0.2, 0) is 9.53 Å². The Bertz CT molecular complexity index is 1120. The molecule has 1 aromatic heterocycles. The Hall–Kier alpha value is -2.90. The van der Waals surface area contributed by atoms with E-state index >= 15 is 0 Å². The van der Waals surface area contributed by atoms with Crippen molar-refractivity contribution in [1.82, 2.24) is 10.2 Å². The van der Waals surface area contributed by atoms with E-state index < -0.39 is 6.10 Å². The summed E-state index contributed by atoms with van der Waals surface area (Å²) in [6.07, 6.45) is -0.669. The number of morpholine rings is 1. The molecule has 0 radical (unpaired) electrons. The average Bonchev–Trinajstić information content (AvgIpc) is 2.77. The van der Waals surface area contributed by atoms with E-state index in [0.29, 0.717) is 28.8 Å². The van der Waals surface area contributed by atoms with Crippen molar-refractivity contribution in [2.75, 3.05) is 39.4 Å². The van der Waals surface area contributed by atoms with Crippen LogP contribution in [0.1, 0.15) is 12.5 Å². The molecule has 2 aromatic carbocycles. The second-order valence-corrected chi connectivity index (χ2v) is 7.51. The SMILES string of the molecule is Cc1c(O[C@H](C)C(=O)NCCN2CCOCC2)ccc2c1oc(=O)c1ccccc12. The maximum atomic E-state index is 12.4. The maximum absolute atomic E-state index is 12.4. The fourth-order valence-electron chi connectivity index (χ4n) is 3.74. The van der Waals surface area contributed by atoms with Crippen LogP contribution in [0, 0.1) is 6.92 Å². The molecular formula is C23H26N2O5. The Labute approximate surface area is 174 Å². The number of carbonyl (C=O) groups excluding carboxylic acids is 1. The third-order valence-corrected chi connectivity index (χ3v) is 5.49. The minimum Gasteiger partial charge on any atom is -0.480 e. The number of carbonyl (C=O) groups is 1. The van der Waals surface area contributed by atoms with Gasteiger partial charge in [-0.2, -0.15) is 0 Å². The van der Waals surface area contributed by atoms with Gasteiger partial charge < -0.3 is 19.2 Å². The summed E-state index contributed by atoms with van der Waals surface area (Å²) in [6, 6.07) is 11.1. The highest BCUT2D eigenvalue weighted by atomic mass is 16.5. The summed E-state index contributed by atoms with van der Waals surface area (Å²) in [6.45, 7) is 8.14. The lowest BCUT2D eigenvalue weighted by Crippen LogP contribution is -2.43. The van der Waals surface area contributed by atoms with Crippen molar-refractivity contribution in [3.05, 3.63) is 52.4 Å². The van der Waals surface area contributed by atoms with Crippen LogP contribution in [-0.4, -0.2) is 56.3 Å². The molecule has 0 aliphatic carbocycles. The van der Waals surface area contributed by atoms with Gasteiger partial charge in [0.2, 0.25) is 0 Å². The largest absolute Gasteiger partial charge is 0.480 e. The molecule has 30 heavy (non-hydrogen) atoms. The van der Waals surface area contributed by atoms with E-state index in [2.05, 4.69) is 10.2 Å². The first kappa shape index (κ1) is 20.4. The smallest absolute Gasteiger partial charge is 0.344 e. The zero-order valence-corrected chi connectivity index (χ0v) is 17.3. The average molecular weight is 410 g/mol. The molecule has 0 saturated carbocycles. The molecule has 158 valence electrons. The lowest BCUT2D eigenvalue weighted by molar-refractivity contribution is -0.127. The van der Waals surface area contributed by atoms with Gasteiger partial charge in [0.1, 0.15) is 11.3 Å². The normalized spacial score (nSPS) is 15.9. The Morgan fingerprint density at radius 1 is 1.13 bits per heavy atom. The minimum absolute atomic E-state index is 0.178. The number of nitrogens with zero attached hydrogens (tertiary/aromatic N) is 1. The van der Waals surface area contributed by atoms with Crippen molar-refractivity contribution in [2.24, 2.45) is 0 Å².